The second-order valence-corrected chi connectivity index (χ2v) is 10.2. The Kier molecular flexibility index (Phi) is 9.56. The number of carbonyl (C=O) groups is 2. The van der Waals surface area contributed by atoms with Gasteiger partial charge in [0.2, 0.25) is 11.9 Å². The van der Waals surface area contributed by atoms with Crippen LogP contribution in [0.3, 0.4) is 0 Å². The third kappa shape index (κ3) is 7.90. The van der Waals surface area contributed by atoms with E-state index in [1.165, 1.54) is 0 Å². The highest BCUT2D eigenvalue weighted by Gasteiger charge is 2.15. The van der Waals surface area contributed by atoms with Crippen LogP contribution < -0.4 is 10.6 Å². The van der Waals surface area contributed by atoms with Gasteiger partial charge in [0.25, 0.3) is 5.91 Å². The summed E-state index contributed by atoms with van der Waals surface area (Å²) in [4.78, 5) is 32.6. The number of nitrogens with zero attached hydrogens (tertiary/aromatic N) is 5. The second kappa shape index (κ2) is 13.9. The summed E-state index contributed by atoms with van der Waals surface area (Å²) in [6.45, 7) is 4.89. The van der Waals surface area contributed by atoms with E-state index in [0.717, 1.165) is 68.2 Å². The van der Waals surface area contributed by atoms with Gasteiger partial charge in [-0.15, -0.1) is 0 Å². The van der Waals surface area contributed by atoms with Crippen molar-refractivity contribution in [2.75, 3.05) is 44.7 Å². The molecule has 0 spiro atoms. The molecule has 2 aromatic heterocycles. The van der Waals surface area contributed by atoms with Gasteiger partial charge in [0.1, 0.15) is 0 Å². The van der Waals surface area contributed by atoms with E-state index in [0.29, 0.717) is 30.9 Å². The number of rotatable bonds is 12. The van der Waals surface area contributed by atoms with Crippen LogP contribution in [0, 0.1) is 0 Å². The number of unbranched alkanes of at least 4 members (excludes halogenated alkanes) is 1. The van der Waals surface area contributed by atoms with Gasteiger partial charge in [0.05, 0.1) is 25.1 Å². The summed E-state index contributed by atoms with van der Waals surface area (Å²) in [5.41, 5.74) is 4.17. The van der Waals surface area contributed by atoms with Crippen LogP contribution in [0.25, 0.3) is 16.8 Å². The number of ether oxygens (including phenoxy) is 1. The zero-order valence-electron chi connectivity index (χ0n) is 23.5. The molecule has 1 aliphatic rings. The minimum Gasteiger partial charge on any atom is -0.379 e. The Morgan fingerprint density at radius 2 is 1.80 bits per heavy atom. The number of anilines is 1. The van der Waals surface area contributed by atoms with Gasteiger partial charge in [-0.1, -0.05) is 30.3 Å². The Morgan fingerprint density at radius 1 is 0.976 bits per heavy atom. The van der Waals surface area contributed by atoms with Gasteiger partial charge in [-0.2, -0.15) is 5.10 Å². The summed E-state index contributed by atoms with van der Waals surface area (Å²) in [6, 6.07) is 17.3. The van der Waals surface area contributed by atoms with Gasteiger partial charge in [0.15, 0.2) is 0 Å². The van der Waals surface area contributed by atoms with Crippen molar-refractivity contribution in [3.8, 4) is 16.8 Å². The Hall–Kier alpha value is -4.28. The molecule has 4 aromatic rings. The molecule has 5 rings (SSSR count). The van der Waals surface area contributed by atoms with E-state index in [4.69, 9.17) is 9.72 Å². The first-order valence-electron chi connectivity index (χ1n) is 14.2. The number of morpholine rings is 1. The molecule has 214 valence electrons. The fourth-order valence-electron chi connectivity index (χ4n) is 4.87. The van der Waals surface area contributed by atoms with Crippen LogP contribution in [0.15, 0.2) is 73.2 Å². The van der Waals surface area contributed by atoms with Gasteiger partial charge in [-0.3, -0.25) is 29.1 Å². The number of benzene rings is 2. The smallest absolute Gasteiger partial charge is 0.258 e. The van der Waals surface area contributed by atoms with E-state index in [-0.39, 0.29) is 11.8 Å². The molecule has 0 aliphatic carbocycles. The Morgan fingerprint density at radius 3 is 2.59 bits per heavy atom. The molecule has 0 atom stereocenters. The maximum absolute atomic E-state index is 13.3. The fraction of sp³-hybridized carbons (Fsp3) is 0.355. The highest BCUT2D eigenvalue weighted by molar-refractivity contribution is 6.04. The molecule has 0 bridgehead atoms. The molecule has 10 nitrogen and oxygen atoms in total. The van der Waals surface area contributed by atoms with Crippen molar-refractivity contribution in [2.24, 2.45) is 7.05 Å². The lowest BCUT2D eigenvalue weighted by Gasteiger charge is -2.26. The van der Waals surface area contributed by atoms with Gasteiger partial charge in [-0.25, -0.2) is 4.98 Å². The zero-order valence-corrected chi connectivity index (χ0v) is 23.5. The number of imidazole rings is 1. The molecule has 0 unspecified atom stereocenters. The van der Waals surface area contributed by atoms with Gasteiger partial charge in [0, 0.05) is 68.9 Å². The van der Waals surface area contributed by atoms with Crippen molar-refractivity contribution in [1.29, 1.82) is 0 Å². The van der Waals surface area contributed by atoms with Crippen LogP contribution >= 0.6 is 0 Å². The summed E-state index contributed by atoms with van der Waals surface area (Å²) in [5, 5.41) is 10.3. The number of aromatic nitrogens is 4. The van der Waals surface area contributed by atoms with Gasteiger partial charge in [-0.05, 0) is 49.1 Å². The van der Waals surface area contributed by atoms with E-state index >= 15 is 0 Å². The van der Waals surface area contributed by atoms with Crippen LogP contribution in [0.1, 0.15) is 35.3 Å². The maximum atomic E-state index is 13.3. The Labute approximate surface area is 240 Å². The second-order valence-electron chi connectivity index (χ2n) is 10.2. The average molecular weight is 556 g/mol. The number of hydrogen-bond acceptors (Lipinski definition) is 6. The lowest BCUT2D eigenvalue weighted by atomic mass is 10.1. The molecule has 3 heterocycles. The minimum absolute atomic E-state index is 0.0783. The van der Waals surface area contributed by atoms with Crippen molar-refractivity contribution in [1.82, 2.24) is 29.5 Å². The third-order valence-corrected chi connectivity index (χ3v) is 7.12. The van der Waals surface area contributed by atoms with Crippen molar-refractivity contribution < 1.29 is 14.3 Å². The van der Waals surface area contributed by atoms with Crippen LogP contribution in [0.4, 0.5) is 5.95 Å². The molecule has 0 radical (unpaired) electrons. The predicted octanol–water partition coefficient (Wildman–Crippen LogP) is 3.69. The van der Waals surface area contributed by atoms with Crippen molar-refractivity contribution in [3.63, 3.8) is 0 Å². The molecule has 2 N–H and O–H groups in total. The van der Waals surface area contributed by atoms with E-state index in [1.807, 2.05) is 72.5 Å². The first-order valence-corrected chi connectivity index (χ1v) is 14.2. The van der Waals surface area contributed by atoms with Crippen LogP contribution in [0.5, 0.6) is 0 Å². The van der Waals surface area contributed by atoms with Crippen molar-refractivity contribution >= 4 is 17.8 Å². The van der Waals surface area contributed by atoms with Crippen molar-refractivity contribution in [2.45, 2.75) is 25.7 Å². The maximum Gasteiger partial charge on any atom is 0.258 e. The summed E-state index contributed by atoms with van der Waals surface area (Å²) in [5.74, 6) is 0.303. The van der Waals surface area contributed by atoms with E-state index < -0.39 is 0 Å². The number of para-hydroxylation sites is 1. The number of amides is 2. The number of hydrogen-bond donors (Lipinski definition) is 2. The van der Waals surface area contributed by atoms with Crippen LogP contribution in [0.2, 0.25) is 0 Å². The number of nitrogens with one attached hydrogen (secondary N) is 2. The average Bonchev–Trinajstić information content (AvgIpc) is 3.62. The van der Waals surface area contributed by atoms with E-state index in [9.17, 15) is 9.59 Å². The molecule has 41 heavy (non-hydrogen) atoms. The molecule has 2 aromatic carbocycles. The number of carbonyl (C=O) groups excluding carboxylic acids is 2. The molecular weight excluding hydrogens is 518 g/mol. The summed E-state index contributed by atoms with van der Waals surface area (Å²) >= 11 is 0. The first-order chi connectivity index (χ1) is 20.0. The molecule has 1 aliphatic heterocycles. The normalized spacial score (nSPS) is 13.7. The molecule has 2 amide bonds. The SMILES string of the molecule is Cn1cc(-c2cccc(C(=O)Nc3nc(CCCCC(=O)NCCN4CCOCC4)cn3-c3ccccc3)c2)cn1. The zero-order chi connectivity index (χ0) is 28.4. The fourth-order valence-corrected chi connectivity index (χ4v) is 4.87. The van der Waals surface area contributed by atoms with Crippen LogP contribution in [-0.4, -0.2) is 75.4 Å². The predicted molar refractivity (Wildman–Crippen MR) is 158 cm³/mol. The quantitative estimate of drug-likeness (QED) is 0.258. The molecule has 1 saturated heterocycles. The molecule has 1 fully saturated rings. The third-order valence-electron chi connectivity index (χ3n) is 7.12. The van der Waals surface area contributed by atoms with Gasteiger partial charge < -0.3 is 10.1 Å². The Bertz CT molecular complexity index is 1440. The molecule has 0 saturated carbocycles. The lowest BCUT2D eigenvalue weighted by Crippen LogP contribution is -2.41. The van der Waals surface area contributed by atoms with Gasteiger partial charge >= 0.3 is 0 Å². The summed E-state index contributed by atoms with van der Waals surface area (Å²) in [6.07, 6.45) is 8.44. The highest BCUT2D eigenvalue weighted by Crippen LogP contribution is 2.22. The monoisotopic (exact) mass is 555 g/mol. The highest BCUT2D eigenvalue weighted by atomic mass is 16.5. The van der Waals surface area contributed by atoms with E-state index in [1.54, 1.807) is 16.9 Å². The topological polar surface area (TPSA) is 106 Å². The summed E-state index contributed by atoms with van der Waals surface area (Å²) < 4.78 is 9.00. The largest absolute Gasteiger partial charge is 0.379 e. The summed E-state index contributed by atoms with van der Waals surface area (Å²) in [7, 11) is 1.86. The number of aryl methyl sites for hydroxylation is 2. The van der Waals surface area contributed by atoms with E-state index in [2.05, 4.69) is 20.6 Å². The molecule has 10 heteroatoms. The lowest BCUT2D eigenvalue weighted by molar-refractivity contribution is -0.121. The minimum atomic E-state index is -0.237. The first kappa shape index (κ1) is 28.3. The molecular formula is C31H37N7O3. The van der Waals surface area contributed by atoms with Crippen molar-refractivity contribution in [3.05, 3.63) is 84.4 Å². The Balaban J connectivity index is 1.18. The standard InChI is InChI=1S/C31H37N7O3/c1-36-22-26(21-33-36)24-8-7-9-25(20-24)30(40)35-31-34-27(23-38(31)28-11-3-2-4-12-28)10-5-6-13-29(39)32-14-15-37-16-18-41-19-17-37/h2-4,7-9,11-12,20-23H,5-6,10,13-19H2,1H3,(H,32,39)(H,34,35,40). The van der Waals surface area contributed by atoms with Crippen LogP contribution in [-0.2, 0) is 23.0 Å².